The molecule has 1 fully saturated rings. The highest BCUT2D eigenvalue weighted by atomic mass is 32.2. The summed E-state index contributed by atoms with van der Waals surface area (Å²) in [4.78, 5) is 4.64. The molecule has 2 aliphatic heterocycles. The highest BCUT2D eigenvalue weighted by molar-refractivity contribution is 7.88. The molecule has 0 bridgehead atoms. The standard InChI is InChI=1S/C26H32N4O5S/c1-3-18-15-24(31)28-29-25(18)20-6-9-22-23(14-20)35-26(27-22)19-4-7-21(8-5-19)34-16-17-10-12-30(13-11-17)36(2,32)33/h4-9,14,17-18,24,28,31H,3,10-13,15-16H2,1-2H3. The maximum Gasteiger partial charge on any atom is 0.227 e. The molecular formula is C26H32N4O5S. The number of aromatic nitrogens is 1. The summed E-state index contributed by atoms with van der Waals surface area (Å²) in [5.74, 6) is 1.82. The van der Waals surface area contributed by atoms with Crippen LogP contribution in [0.25, 0.3) is 22.6 Å². The molecule has 10 heteroatoms. The summed E-state index contributed by atoms with van der Waals surface area (Å²) < 4.78 is 36.9. The monoisotopic (exact) mass is 512 g/mol. The number of aliphatic hydroxyl groups is 1. The number of ether oxygens (including phenoxy) is 1. The summed E-state index contributed by atoms with van der Waals surface area (Å²) in [6.45, 7) is 3.77. The van der Waals surface area contributed by atoms with Gasteiger partial charge >= 0.3 is 0 Å². The number of benzene rings is 2. The molecule has 2 N–H and O–H groups in total. The Morgan fingerprint density at radius 3 is 2.56 bits per heavy atom. The minimum atomic E-state index is -3.11. The average Bonchev–Trinajstić information content (AvgIpc) is 3.31. The minimum Gasteiger partial charge on any atom is -0.493 e. The number of oxazole rings is 1. The predicted octanol–water partition coefficient (Wildman–Crippen LogP) is 3.59. The molecule has 0 saturated carbocycles. The fourth-order valence-corrected chi connectivity index (χ4v) is 5.73. The first kappa shape index (κ1) is 24.7. The Morgan fingerprint density at radius 1 is 1.14 bits per heavy atom. The Kier molecular flexibility index (Phi) is 7.00. The molecule has 3 aromatic rings. The van der Waals surface area contributed by atoms with E-state index in [1.54, 1.807) is 0 Å². The van der Waals surface area contributed by atoms with Gasteiger partial charge in [0.2, 0.25) is 15.9 Å². The van der Waals surface area contributed by atoms with E-state index in [0.29, 0.717) is 43.5 Å². The molecule has 2 aliphatic rings. The summed E-state index contributed by atoms with van der Waals surface area (Å²) in [6.07, 6.45) is 3.78. The maximum absolute atomic E-state index is 11.7. The van der Waals surface area contributed by atoms with Crippen molar-refractivity contribution >= 4 is 26.8 Å². The lowest BCUT2D eigenvalue weighted by molar-refractivity contribution is 0.111. The van der Waals surface area contributed by atoms with Crippen LogP contribution in [-0.4, -0.2) is 60.7 Å². The number of piperidine rings is 1. The van der Waals surface area contributed by atoms with Crippen molar-refractivity contribution in [2.75, 3.05) is 26.0 Å². The van der Waals surface area contributed by atoms with E-state index in [9.17, 15) is 13.5 Å². The highest BCUT2D eigenvalue weighted by Crippen LogP contribution is 2.29. The van der Waals surface area contributed by atoms with Gasteiger partial charge in [-0.3, -0.25) is 5.43 Å². The second-order valence-corrected chi connectivity index (χ2v) is 11.6. The van der Waals surface area contributed by atoms with Crippen LogP contribution in [0.15, 0.2) is 52.0 Å². The summed E-state index contributed by atoms with van der Waals surface area (Å²) in [5.41, 5.74) is 6.97. The van der Waals surface area contributed by atoms with Crippen LogP contribution in [0, 0.1) is 11.8 Å². The molecule has 0 amide bonds. The van der Waals surface area contributed by atoms with Crippen molar-refractivity contribution < 1.29 is 22.7 Å². The molecule has 36 heavy (non-hydrogen) atoms. The third-order valence-electron chi connectivity index (χ3n) is 7.03. The van der Waals surface area contributed by atoms with Gasteiger partial charge in [-0.25, -0.2) is 17.7 Å². The predicted molar refractivity (Wildman–Crippen MR) is 138 cm³/mol. The topological polar surface area (TPSA) is 117 Å². The number of fused-ring (bicyclic) bond motifs is 1. The molecular weight excluding hydrogens is 480 g/mol. The van der Waals surface area contributed by atoms with Gasteiger partial charge in [-0.2, -0.15) is 5.10 Å². The van der Waals surface area contributed by atoms with E-state index in [-0.39, 0.29) is 5.92 Å². The van der Waals surface area contributed by atoms with E-state index < -0.39 is 16.3 Å². The van der Waals surface area contributed by atoms with Crippen LogP contribution in [0.1, 0.15) is 38.2 Å². The SMILES string of the molecule is CCC1CC(O)NN=C1c1ccc2nc(-c3ccc(OCC4CCN(S(C)(=O)=O)CC4)cc3)oc2c1. The molecule has 0 radical (unpaired) electrons. The van der Waals surface area contributed by atoms with Crippen molar-refractivity contribution in [3.05, 3.63) is 48.0 Å². The minimum absolute atomic E-state index is 0.181. The van der Waals surface area contributed by atoms with Crippen LogP contribution >= 0.6 is 0 Å². The largest absolute Gasteiger partial charge is 0.493 e. The van der Waals surface area contributed by atoms with Crippen LogP contribution in [0.5, 0.6) is 5.75 Å². The normalized spacial score (nSPS) is 21.8. The molecule has 0 spiro atoms. The van der Waals surface area contributed by atoms with E-state index in [1.807, 2.05) is 42.5 Å². The van der Waals surface area contributed by atoms with E-state index in [0.717, 1.165) is 47.4 Å². The first-order chi connectivity index (χ1) is 17.3. The van der Waals surface area contributed by atoms with Crippen LogP contribution in [0.2, 0.25) is 0 Å². The summed E-state index contributed by atoms with van der Waals surface area (Å²) >= 11 is 0. The van der Waals surface area contributed by atoms with Crippen molar-refractivity contribution in [2.24, 2.45) is 16.9 Å². The van der Waals surface area contributed by atoms with Gasteiger partial charge in [-0.1, -0.05) is 13.0 Å². The smallest absolute Gasteiger partial charge is 0.227 e. The zero-order valence-electron chi connectivity index (χ0n) is 20.6. The molecule has 1 aromatic heterocycles. The molecule has 1 saturated heterocycles. The summed E-state index contributed by atoms with van der Waals surface area (Å²) in [5, 5.41) is 14.2. The number of sulfonamides is 1. The molecule has 2 aromatic carbocycles. The lowest BCUT2D eigenvalue weighted by Gasteiger charge is -2.30. The van der Waals surface area contributed by atoms with Gasteiger partial charge < -0.3 is 14.3 Å². The Balaban J connectivity index is 1.24. The van der Waals surface area contributed by atoms with Crippen LogP contribution in [-0.2, 0) is 10.0 Å². The molecule has 3 heterocycles. The Bertz CT molecular complexity index is 1340. The van der Waals surface area contributed by atoms with Crippen molar-refractivity contribution in [1.29, 1.82) is 0 Å². The van der Waals surface area contributed by atoms with Gasteiger partial charge in [0.05, 0.1) is 18.6 Å². The molecule has 0 aliphatic carbocycles. The quantitative estimate of drug-likeness (QED) is 0.497. The Hall–Kier alpha value is -2.95. The van der Waals surface area contributed by atoms with E-state index >= 15 is 0 Å². The summed E-state index contributed by atoms with van der Waals surface area (Å²) in [6, 6.07) is 13.5. The molecule has 2 unspecified atom stereocenters. The maximum atomic E-state index is 11.7. The van der Waals surface area contributed by atoms with Crippen LogP contribution in [0.4, 0.5) is 0 Å². The average molecular weight is 513 g/mol. The number of hydrogen-bond acceptors (Lipinski definition) is 8. The lowest BCUT2D eigenvalue weighted by atomic mass is 9.90. The van der Waals surface area contributed by atoms with Crippen molar-refractivity contribution in [3.63, 3.8) is 0 Å². The molecule has 192 valence electrons. The summed E-state index contributed by atoms with van der Waals surface area (Å²) in [7, 11) is -3.11. The van der Waals surface area contributed by atoms with Gasteiger partial charge in [-0.15, -0.1) is 0 Å². The highest BCUT2D eigenvalue weighted by Gasteiger charge is 2.26. The van der Waals surface area contributed by atoms with Gasteiger partial charge in [0, 0.05) is 36.6 Å². The second-order valence-electron chi connectivity index (χ2n) is 9.63. The van der Waals surface area contributed by atoms with E-state index in [1.165, 1.54) is 10.6 Å². The number of aliphatic hydroxyl groups excluding tert-OH is 1. The van der Waals surface area contributed by atoms with E-state index in [4.69, 9.17) is 9.15 Å². The fraction of sp³-hybridized carbons (Fsp3) is 0.462. The number of nitrogens with one attached hydrogen (secondary N) is 1. The first-order valence-electron chi connectivity index (χ1n) is 12.4. The number of nitrogens with zero attached hydrogens (tertiary/aromatic N) is 3. The number of hydrogen-bond donors (Lipinski definition) is 2. The first-order valence-corrected chi connectivity index (χ1v) is 14.3. The number of hydrazone groups is 1. The zero-order chi connectivity index (χ0) is 25.3. The third-order valence-corrected chi connectivity index (χ3v) is 8.34. The van der Waals surface area contributed by atoms with Crippen molar-refractivity contribution in [2.45, 2.75) is 38.8 Å². The molecule has 2 atom stereocenters. The third kappa shape index (κ3) is 5.40. The van der Waals surface area contributed by atoms with Gasteiger partial charge in [0.15, 0.2) is 5.58 Å². The van der Waals surface area contributed by atoms with Crippen LogP contribution < -0.4 is 10.2 Å². The molecule has 5 rings (SSSR count). The van der Waals surface area contributed by atoms with Gasteiger partial charge in [-0.05, 0) is 61.6 Å². The van der Waals surface area contributed by atoms with Crippen LogP contribution in [0.3, 0.4) is 0 Å². The Morgan fingerprint density at radius 2 is 1.86 bits per heavy atom. The zero-order valence-corrected chi connectivity index (χ0v) is 21.4. The van der Waals surface area contributed by atoms with Gasteiger partial charge in [0.25, 0.3) is 0 Å². The molecule has 9 nitrogen and oxygen atoms in total. The lowest BCUT2D eigenvalue weighted by Crippen LogP contribution is -2.39. The van der Waals surface area contributed by atoms with Gasteiger partial charge in [0.1, 0.15) is 17.5 Å². The fourth-order valence-electron chi connectivity index (χ4n) is 4.85. The van der Waals surface area contributed by atoms with Crippen molar-refractivity contribution in [1.82, 2.24) is 14.7 Å². The second kappa shape index (κ2) is 10.2. The Labute approximate surface area is 211 Å². The van der Waals surface area contributed by atoms with E-state index in [2.05, 4.69) is 22.4 Å². The number of rotatable bonds is 7. The van der Waals surface area contributed by atoms with Crippen molar-refractivity contribution in [3.8, 4) is 17.2 Å².